The zero-order valence-electron chi connectivity index (χ0n) is 24.1. The van der Waals surface area contributed by atoms with E-state index in [9.17, 15) is 4.79 Å². The number of nitrogens with one attached hydrogen (secondary N) is 1. The summed E-state index contributed by atoms with van der Waals surface area (Å²) in [6, 6.07) is 14.8. The summed E-state index contributed by atoms with van der Waals surface area (Å²) < 4.78 is 11.9. The number of methoxy groups -OCH3 is 1. The number of ether oxygens (including phenoxy) is 2. The molecule has 3 aliphatic carbocycles. The van der Waals surface area contributed by atoms with E-state index in [1.807, 2.05) is 19.9 Å². The van der Waals surface area contributed by atoms with Crippen LogP contribution in [0.25, 0.3) is 16.6 Å². The summed E-state index contributed by atoms with van der Waals surface area (Å²) in [5.41, 5.74) is 5.45. The van der Waals surface area contributed by atoms with Crippen molar-refractivity contribution in [1.29, 1.82) is 0 Å². The van der Waals surface area contributed by atoms with Gasteiger partial charge in [-0.3, -0.25) is 4.79 Å². The molecule has 0 amide bonds. The van der Waals surface area contributed by atoms with Gasteiger partial charge in [-0.1, -0.05) is 56.3 Å². The Hall–Kier alpha value is -3.12. The number of nitrogens with zero attached hydrogens (tertiary/aromatic N) is 2. The maximum absolute atomic E-state index is 12.9. The number of benzene rings is 2. The molecule has 2 bridgehead atoms. The number of hydrogen-bond donors (Lipinski definition) is 1. The van der Waals surface area contributed by atoms with Gasteiger partial charge in [-0.05, 0) is 74.9 Å². The normalized spacial score (nSPS) is 22.5. The molecule has 0 radical (unpaired) electrons. The molecule has 3 aromatic rings. The van der Waals surface area contributed by atoms with Gasteiger partial charge in [-0.25, -0.2) is 4.98 Å². The van der Waals surface area contributed by atoms with E-state index in [0.29, 0.717) is 5.92 Å². The van der Waals surface area contributed by atoms with Crippen molar-refractivity contribution >= 4 is 22.6 Å². The zero-order chi connectivity index (χ0) is 27.6. The fourth-order valence-corrected chi connectivity index (χ4v) is 6.45. The van der Waals surface area contributed by atoms with Gasteiger partial charge in [-0.15, -0.1) is 0 Å². The van der Waals surface area contributed by atoms with E-state index in [-0.39, 0.29) is 17.8 Å². The lowest BCUT2D eigenvalue weighted by molar-refractivity contribution is -0.176. The number of fused-ring (bicyclic) bond motifs is 3. The second kappa shape index (κ2) is 11.5. The number of carbonyl (C=O) groups is 1. The molecule has 0 unspecified atom stereocenters. The number of aromatic amines is 1. The third-order valence-electron chi connectivity index (χ3n) is 8.74. The van der Waals surface area contributed by atoms with Crippen molar-refractivity contribution in [3.8, 4) is 5.75 Å². The lowest BCUT2D eigenvalue weighted by Gasteiger charge is -2.50. The Labute approximate surface area is 232 Å². The third-order valence-corrected chi connectivity index (χ3v) is 8.74. The molecule has 6 heteroatoms. The Bertz CT molecular complexity index is 1330. The second-order valence-electron chi connectivity index (χ2n) is 11.9. The van der Waals surface area contributed by atoms with E-state index in [4.69, 9.17) is 14.5 Å². The molecule has 1 fully saturated rings. The van der Waals surface area contributed by atoms with Crippen LogP contribution in [0, 0.1) is 24.7 Å². The topological polar surface area (TPSA) is 67.5 Å². The number of carbonyl (C=O) groups excluding carboxylic acids is 1. The van der Waals surface area contributed by atoms with Crippen LogP contribution in [0.15, 0.2) is 48.5 Å². The van der Waals surface area contributed by atoms with Gasteiger partial charge in [0.25, 0.3) is 0 Å². The van der Waals surface area contributed by atoms with Gasteiger partial charge >= 0.3 is 5.97 Å². The van der Waals surface area contributed by atoms with Crippen molar-refractivity contribution in [3.05, 3.63) is 65.5 Å². The molecule has 0 saturated heterocycles. The number of hydrogen-bond acceptors (Lipinski definition) is 5. The first kappa shape index (κ1) is 27.4. The summed E-state index contributed by atoms with van der Waals surface area (Å²) in [6.07, 6.45) is 8.35. The summed E-state index contributed by atoms with van der Waals surface area (Å²) in [6.45, 7) is 7.81. The van der Waals surface area contributed by atoms with Crippen molar-refractivity contribution in [1.82, 2.24) is 14.9 Å². The van der Waals surface area contributed by atoms with Crippen LogP contribution in [0.1, 0.15) is 62.9 Å². The minimum absolute atomic E-state index is 0.0736. The first-order valence-corrected chi connectivity index (χ1v) is 14.5. The molecule has 3 aliphatic rings. The highest BCUT2D eigenvalue weighted by atomic mass is 16.6. The van der Waals surface area contributed by atoms with Crippen molar-refractivity contribution in [2.45, 2.75) is 64.9 Å². The lowest BCUT2D eigenvalue weighted by atomic mass is 9.60. The number of aromatic nitrogens is 2. The van der Waals surface area contributed by atoms with E-state index in [0.717, 1.165) is 73.4 Å². The highest BCUT2D eigenvalue weighted by Gasteiger charge is 2.50. The molecular formula is C33H43N3O3. The molecule has 6 rings (SSSR count). The molecule has 208 valence electrons. The first-order valence-electron chi connectivity index (χ1n) is 14.5. The molecule has 0 spiro atoms. The van der Waals surface area contributed by atoms with Crippen molar-refractivity contribution in [2.75, 3.05) is 27.2 Å². The Morgan fingerprint density at radius 2 is 1.95 bits per heavy atom. The molecule has 1 heterocycles. The largest absolute Gasteiger partial charge is 0.494 e. The van der Waals surface area contributed by atoms with Crippen LogP contribution in [0.2, 0.25) is 0 Å². The van der Waals surface area contributed by atoms with Crippen LogP contribution in [0.3, 0.4) is 0 Å². The highest BCUT2D eigenvalue weighted by Crippen LogP contribution is 2.53. The van der Waals surface area contributed by atoms with Crippen LogP contribution >= 0.6 is 0 Å². The number of esters is 1. The van der Waals surface area contributed by atoms with Crippen molar-refractivity contribution < 1.29 is 14.3 Å². The average Bonchev–Trinajstić information content (AvgIpc) is 3.38. The molecule has 1 aromatic heterocycles. The molecular weight excluding hydrogens is 486 g/mol. The van der Waals surface area contributed by atoms with Gasteiger partial charge in [0.1, 0.15) is 22.7 Å². The summed E-state index contributed by atoms with van der Waals surface area (Å²) in [4.78, 5) is 23.6. The van der Waals surface area contributed by atoms with E-state index >= 15 is 0 Å². The molecule has 2 aromatic carbocycles. The zero-order valence-corrected chi connectivity index (χ0v) is 24.1. The SMILES string of the molecule is COc1ccc(C)c2nc(CCCN(C)CC[C@@]3(OC(=O)C(C)C)C[C@@H]4CC[C@H]3C=C4c3ccccc3)[nH]c12. The number of imidazole rings is 1. The number of H-pyrrole nitrogens is 1. The van der Waals surface area contributed by atoms with Crippen LogP contribution in [-0.4, -0.2) is 53.7 Å². The first-order chi connectivity index (χ1) is 18.8. The minimum Gasteiger partial charge on any atom is -0.494 e. The summed E-state index contributed by atoms with van der Waals surface area (Å²) in [5, 5.41) is 0. The maximum Gasteiger partial charge on any atom is 0.308 e. The van der Waals surface area contributed by atoms with Gasteiger partial charge in [0.15, 0.2) is 0 Å². The third kappa shape index (κ3) is 5.76. The molecule has 1 saturated carbocycles. The van der Waals surface area contributed by atoms with Crippen LogP contribution in [0.4, 0.5) is 0 Å². The number of aryl methyl sites for hydroxylation is 2. The monoisotopic (exact) mass is 529 g/mol. The van der Waals surface area contributed by atoms with E-state index in [1.165, 1.54) is 17.6 Å². The Balaban J connectivity index is 1.23. The molecule has 39 heavy (non-hydrogen) atoms. The standard InChI is InChI=1S/C33H43N3O3/c1-22(2)32(37)39-33(21-25-14-15-26(33)20-27(25)24-10-7-6-8-11-24)17-19-36(4)18-9-12-29-34-30-23(3)13-16-28(38-5)31(30)35-29/h6-8,10-11,13,16,20,22,25-26H,9,12,14-15,17-19,21H2,1-5H3,(H,34,35)/t25-,26-,33+/m0/s1. The number of rotatable bonds is 11. The van der Waals surface area contributed by atoms with E-state index < -0.39 is 5.60 Å². The molecule has 1 N–H and O–H groups in total. The van der Waals surface area contributed by atoms with Crippen LogP contribution in [-0.2, 0) is 16.0 Å². The quantitative estimate of drug-likeness (QED) is 0.284. The molecule has 3 atom stereocenters. The average molecular weight is 530 g/mol. The van der Waals surface area contributed by atoms with E-state index in [1.54, 1.807) is 7.11 Å². The summed E-state index contributed by atoms with van der Waals surface area (Å²) >= 11 is 0. The minimum atomic E-state index is -0.413. The number of allylic oxidation sites excluding steroid dienone is 1. The van der Waals surface area contributed by atoms with E-state index in [2.05, 4.69) is 66.3 Å². The Kier molecular flexibility index (Phi) is 8.13. The maximum atomic E-state index is 12.9. The summed E-state index contributed by atoms with van der Waals surface area (Å²) in [7, 11) is 3.87. The fourth-order valence-electron chi connectivity index (χ4n) is 6.45. The predicted octanol–water partition coefficient (Wildman–Crippen LogP) is 6.59. The van der Waals surface area contributed by atoms with Gasteiger partial charge in [0.2, 0.25) is 0 Å². The van der Waals surface area contributed by atoms with Crippen molar-refractivity contribution in [3.63, 3.8) is 0 Å². The molecule has 0 aliphatic heterocycles. The van der Waals surface area contributed by atoms with Gasteiger partial charge in [-0.2, -0.15) is 0 Å². The van der Waals surface area contributed by atoms with Gasteiger partial charge in [0.05, 0.1) is 18.5 Å². The van der Waals surface area contributed by atoms with Gasteiger partial charge in [0, 0.05) is 25.3 Å². The second-order valence-corrected chi connectivity index (χ2v) is 11.9. The Morgan fingerprint density at radius 3 is 2.64 bits per heavy atom. The van der Waals surface area contributed by atoms with Gasteiger partial charge < -0.3 is 19.4 Å². The lowest BCUT2D eigenvalue weighted by Crippen LogP contribution is -2.51. The fraction of sp³-hybridized carbons (Fsp3) is 0.515. The predicted molar refractivity (Wildman–Crippen MR) is 157 cm³/mol. The van der Waals surface area contributed by atoms with Crippen LogP contribution < -0.4 is 4.74 Å². The Morgan fingerprint density at radius 1 is 1.15 bits per heavy atom. The molecule has 6 nitrogen and oxygen atoms in total. The van der Waals surface area contributed by atoms with Crippen molar-refractivity contribution in [2.24, 2.45) is 17.8 Å². The highest BCUT2D eigenvalue weighted by molar-refractivity contribution is 5.84. The van der Waals surface area contributed by atoms with Crippen LogP contribution in [0.5, 0.6) is 5.75 Å². The summed E-state index contributed by atoms with van der Waals surface area (Å²) in [5.74, 6) is 2.34. The smallest absolute Gasteiger partial charge is 0.308 e.